The lowest BCUT2D eigenvalue weighted by molar-refractivity contribution is -0.147. The van der Waals surface area contributed by atoms with Crippen molar-refractivity contribution in [3.8, 4) is 0 Å². The molecule has 2 aliphatic heterocycles. The molecule has 29 heavy (non-hydrogen) atoms. The summed E-state index contributed by atoms with van der Waals surface area (Å²) < 4.78 is 11.2. The number of aromatic nitrogens is 2. The average Bonchev–Trinajstić information content (AvgIpc) is 3.23. The van der Waals surface area contributed by atoms with Crippen molar-refractivity contribution in [3.05, 3.63) is 0 Å². The molecule has 3 unspecified atom stereocenters. The highest BCUT2D eigenvalue weighted by molar-refractivity contribution is 5.82. The van der Waals surface area contributed by atoms with E-state index in [-0.39, 0.29) is 42.8 Å². The van der Waals surface area contributed by atoms with Gasteiger partial charge in [0.15, 0.2) is 11.6 Å². The largest absolute Gasteiger partial charge is 0.462 e. The van der Waals surface area contributed by atoms with Gasteiger partial charge in [-0.05, 0) is 20.3 Å². The first kappa shape index (κ1) is 21.3. The van der Waals surface area contributed by atoms with Crippen molar-refractivity contribution < 1.29 is 19.1 Å². The number of ether oxygens (including phenoxy) is 2. The lowest BCUT2D eigenvalue weighted by atomic mass is 10.1. The molecule has 0 radical (unpaired) electrons. The average molecular weight is 410 g/mol. The molecular weight excluding hydrogens is 380 g/mol. The topological polar surface area (TPSA) is 148 Å². The van der Waals surface area contributed by atoms with Gasteiger partial charge in [-0.3, -0.25) is 9.63 Å². The summed E-state index contributed by atoms with van der Waals surface area (Å²) in [5.41, 5.74) is 11.9. The first-order chi connectivity index (χ1) is 13.9. The van der Waals surface area contributed by atoms with Crippen molar-refractivity contribution in [2.24, 2.45) is 5.92 Å². The van der Waals surface area contributed by atoms with Gasteiger partial charge in [0.25, 0.3) is 0 Å². The molecule has 2 aliphatic rings. The quantitative estimate of drug-likeness (QED) is 0.212. The summed E-state index contributed by atoms with van der Waals surface area (Å²) in [6.07, 6.45) is 0.419. The number of nitrogens with zero attached hydrogens (tertiary/aromatic N) is 3. The van der Waals surface area contributed by atoms with Crippen LogP contribution < -0.4 is 32.3 Å². The van der Waals surface area contributed by atoms with Crippen LogP contribution in [0.5, 0.6) is 0 Å². The van der Waals surface area contributed by atoms with E-state index in [0.29, 0.717) is 19.1 Å². The van der Waals surface area contributed by atoms with Gasteiger partial charge in [-0.25, -0.2) is 5.43 Å². The molecule has 1 saturated heterocycles. The van der Waals surface area contributed by atoms with Crippen LogP contribution in [0.15, 0.2) is 0 Å². The van der Waals surface area contributed by atoms with Crippen LogP contribution >= 0.6 is 0 Å². The van der Waals surface area contributed by atoms with E-state index >= 15 is 0 Å². The molecule has 6 N–H and O–H groups in total. The summed E-state index contributed by atoms with van der Waals surface area (Å²) in [7, 11) is 1.79. The molecule has 0 aromatic carbocycles. The molecule has 0 amide bonds. The predicted octanol–water partition coefficient (Wildman–Crippen LogP) is 0.0184. The fourth-order valence-electron chi connectivity index (χ4n) is 3.47. The zero-order chi connectivity index (χ0) is 21.0. The van der Waals surface area contributed by atoms with Crippen molar-refractivity contribution >= 4 is 29.2 Å². The molecule has 0 saturated carbocycles. The normalized spacial score (nSPS) is 23.2. The van der Waals surface area contributed by atoms with Gasteiger partial charge in [0.2, 0.25) is 5.95 Å². The maximum Gasteiger partial charge on any atom is 0.321 e. The molecular formula is C17H30N8O4. The summed E-state index contributed by atoms with van der Waals surface area (Å²) in [4.78, 5) is 27.4. The molecule has 3 atom stereocenters. The Balaban J connectivity index is 1.48. The van der Waals surface area contributed by atoms with Gasteiger partial charge in [0.1, 0.15) is 18.5 Å². The number of fused-ring (bicyclic) bond motifs is 1. The van der Waals surface area contributed by atoms with E-state index in [2.05, 4.69) is 38.5 Å². The molecule has 1 aromatic rings. The van der Waals surface area contributed by atoms with E-state index in [4.69, 9.17) is 20.0 Å². The zero-order valence-electron chi connectivity index (χ0n) is 17.2. The summed E-state index contributed by atoms with van der Waals surface area (Å²) in [5, 5.41) is 6.33. The molecule has 12 nitrogen and oxygen atoms in total. The van der Waals surface area contributed by atoms with Crippen LogP contribution in [0.25, 0.3) is 0 Å². The molecule has 1 fully saturated rings. The van der Waals surface area contributed by atoms with Crippen LogP contribution in [0.1, 0.15) is 27.2 Å². The Morgan fingerprint density at radius 2 is 2.24 bits per heavy atom. The zero-order valence-corrected chi connectivity index (χ0v) is 17.2. The van der Waals surface area contributed by atoms with E-state index in [9.17, 15) is 4.79 Å². The summed E-state index contributed by atoms with van der Waals surface area (Å²) in [6, 6.07) is 0. The minimum atomic E-state index is -0.357. The fourth-order valence-corrected chi connectivity index (χ4v) is 3.47. The van der Waals surface area contributed by atoms with Gasteiger partial charge < -0.3 is 30.7 Å². The van der Waals surface area contributed by atoms with Crippen molar-refractivity contribution in [1.29, 1.82) is 0 Å². The molecule has 3 rings (SSSR count). The number of nitrogen functional groups attached to an aromatic ring is 1. The molecule has 0 bridgehead atoms. The predicted molar refractivity (Wildman–Crippen MR) is 108 cm³/mol. The second-order valence-electron chi connectivity index (χ2n) is 7.35. The highest BCUT2D eigenvalue weighted by Gasteiger charge is 2.40. The Morgan fingerprint density at radius 1 is 1.45 bits per heavy atom. The Hall–Kier alpha value is -2.41. The lowest BCUT2D eigenvalue weighted by Gasteiger charge is -2.27. The SMILES string of the molecule is CNc1nc(N)nc2c1NCN2C1OC(CONNCC(=O)OC(C)C)CC1C. The lowest BCUT2D eigenvalue weighted by Crippen LogP contribution is -2.40. The summed E-state index contributed by atoms with van der Waals surface area (Å²) in [6.45, 7) is 6.61. The number of hydrogen-bond donors (Lipinski definition) is 5. The summed E-state index contributed by atoms with van der Waals surface area (Å²) in [5.74, 6) is 1.50. The first-order valence-electron chi connectivity index (χ1n) is 9.69. The van der Waals surface area contributed by atoms with Crippen molar-refractivity contribution in [2.75, 3.05) is 48.1 Å². The second kappa shape index (κ2) is 9.39. The number of esters is 1. The standard InChI is InChI=1S/C17H30N8O4/c1-9(2)28-12(26)6-21-24-27-7-11-5-10(3)16(29-11)25-8-20-13-14(19-4)22-17(18)23-15(13)25/h9-11,16,20-21,24H,5-8H2,1-4H3,(H3,18,19,22,23). The third-order valence-corrected chi connectivity index (χ3v) is 4.62. The van der Waals surface area contributed by atoms with Crippen LogP contribution in [0.2, 0.25) is 0 Å². The maximum absolute atomic E-state index is 11.4. The molecule has 162 valence electrons. The second-order valence-corrected chi connectivity index (χ2v) is 7.35. The van der Waals surface area contributed by atoms with Crippen LogP contribution in [0, 0.1) is 5.92 Å². The van der Waals surface area contributed by atoms with Gasteiger partial charge in [0.05, 0.1) is 25.5 Å². The number of hydrogen-bond acceptors (Lipinski definition) is 12. The van der Waals surface area contributed by atoms with Crippen LogP contribution in [0.4, 0.5) is 23.3 Å². The Labute approximate surface area is 169 Å². The van der Waals surface area contributed by atoms with E-state index in [1.54, 1.807) is 20.9 Å². The van der Waals surface area contributed by atoms with E-state index in [1.807, 2.05) is 4.90 Å². The van der Waals surface area contributed by atoms with Gasteiger partial charge >= 0.3 is 5.97 Å². The molecule has 1 aromatic heterocycles. The third kappa shape index (κ3) is 5.15. The highest BCUT2D eigenvalue weighted by atomic mass is 16.7. The maximum atomic E-state index is 11.4. The molecule has 0 aliphatic carbocycles. The van der Waals surface area contributed by atoms with E-state index in [1.165, 1.54) is 0 Å². The number of rotatable bonds is 9. The fraction of sp³-hybridized carbons (Fsp3) is 0.706. The molecule has 0 spiro atoms. The first-order valence-corrected chi connectivity index (χ1v) is 9.69. The number of carbonyl (C=O) groups is 1. The Bertz CT molecular complexity index is 719. The van der Waals surface area contributed by atoms with Crippen molar-refractivity contribution in [1.82, 2.24) is 21.0 Å². The van der Waals surface area contributed by atoms with Gasteiger partial charge in [-0.2, -0.15) is 9.97 Å². The third-order valence-electron chi connectivity index (χ3n) is 4.62. The Kier molecular flexibility index (Phi) is 6.90. The van der Waals surface area contributed by atoms with Gasteiger partial charge in [0, 0.05) is 13.0 Å². The van der Waals surface area contributed by atoms with Crippen LogP contribution in [-0.2, 0) is 19.1 Å². The van der Waals surface area contributed by atoms with E-state index < -0.39 is 0 Å². The minimum absolute atomic E-state index is 0.00782. The molecule has 12 heteroatoms. The molecule has 3 heterocycles. The van der Waals surface area contributed by atoms with Crippen LogP contribution in [0.3, 0.4) is 0 Å². The number of hydrazine groups is 1. The van der Waals surface area contributed by atoms with Gasteiger partial charge in [-0.15, -0.1) is 5.59 Å². The van der Waals surface area contributed by atoms with Crippen LogP contribution in [-0.4, -0.2) is 61.2 Å². The number of nitrogens with two attached hydrogens (primary N) is 1. The summed E-state index contributed by atoms with van der Waals surface area (Å²) >= 11 is 0. The highest BCUT2D eigenvalue weighted by Crippen LogP contribution is 2.40. The number of anilines is 4. The van der Waals surface area contributed by atoms with Crippen molar-refractivity contribution in [2.45, 2.75) is 45.6 Å². The number of nitrogens with one attached hydrogen (secondary N) is 4. The smallest absolute Gasteiger partial charge is 0.321 e. The monoisotopic (exact) mass is 410 g/mol. The number of carbonyl (C=O) groups excluding carboxylic acids is 1. The minimum Gasteiger partial charge on any atom is -0.462 e. The Morgan fingerprint density at radius 3 is 2.97 bits per heavy atom. The van der Waals surface area contributed by atoms with Gasteiger partial charge in [-0.1, -0.05) is 6.92 Å². The van der Waals surface area contributed by atoms with E-state index in [0.717, 1.165) is 17.9 Å². The van der Waals surface area contributed by atoms with Crippen molar-refractivity contribution in [3.63, 3.8) is 0 Å².